The Morgan fingerprint density at radius 1 is 1.14 bits per heavy atom. The topological polar surface area (TPSA) is 49.4 Å². The van der Waals surface area contributed by atoms with E-state index in [0.717, 1.165) is 18.4 Å². The van der Waals surface area contributed by atoms with Gasteiger partial charge in [0, 0.05) is 6.54 Å². The van der Waals surface area contributed by atoms with Gasteiger partial charge in [-0.15, -0.1) is 0 Å². The van der Waals surface area contributed by atoms with Crippen LogP contribution >= 0.6 is 0 Å². The zero-order chi connectivity index (χ0) is 15.9. The number of nitrogens with one attached hydrogen (secondary N) is 1. The van der Waals surface area contributed by atoms with Gasteiger partial charge >= 0.3 is 0 Å². The summed E-state index contributed by atoms with van der Waals surface area (Å²) in [4.78, 5) is 27.4. The van der Waals surface area contributed by atoms with Crippen LogP contribution in [-0.2, 0) is 16.1 Å². The van der Waals surface area contributed by atoms with E-state index in [-0.39, 0.29) is 23.3 Å². The molecule has 1 saturated heterocycles. The van der Waals surface area contributed by atoms with Gasteiger partial charge in [0.1, 0.15) is 12.1 Å². The summed E-state index contributed by atoms with van der Waals surface area (Å²) in [5.41, 5.74) is 0.791. The van der Waals surface area contributed by atoms with Crippen molar-refractivity contribution in [3.63, 3.8) is 0 Å². The second-order valence-corrected chi connectivity index (χ2v) is 7.54. The van der Waals surface area contributed by atoms with Crippen molar-refractivity contribution in [1.29, 1.82) is 0 Å². The standard InChI is InChI=1S/C18H24N2O2/c1-18(2,3)15-17(22)20(11-12-7-5-4-6-8-12)14(13-9-10-13)16(21)19-15/h4-8,13-15H,9-11H2,1-3H3,(H,19,21). The zero-order valence-corrected chi connectivity index (χ0v) is 13.5. The lowest BCUT2D eigenvalue weighted by atomic mass is 9.83. The smallest absolute Gasteiger partial charge is 0.246 e. The van der Waals surface area contributed by atoms with Gasteiger partial charge in [0.25, 0.3) is 0 Å². The molecule has 1 aliphatic carbocycles. The normalized spacial score (nSPS) is 26.0. The molecular formula is C18H24N2O2. The van der Waals surface area contributed by atoms with Gasteiger partial charge in [-0.05, 0) is 29.7 Å². The van der Waals surface area contributed by atoms with Gasteiger partial charge in [-0.2, -0.15) is 0 Å². The van der Waals surface area contributed by atoms with Crippen LogP contribution in [0.25, 0.3) is 0 Å². The second kappa shape index (κ2) is 5.41. The van der Waals surface area contributed by atoms with Crippen molar-refractivity contribution >= 4 is 11.8 Å². The summed E-state index contributed by atoms with van der Waals surface area (Å²) in [7, 11) is 0. The third kappa shape index (κ3) is 2.87. The molecule has 4 nitrogen and oxygen atoms in total. The average Bonchev–Trinajstić information content (AvgIpc) is 3.27. The predicted molar refractivity (Wildman–Crippen MR) is 84.9 cm³/mol. The van der Waals surface area contributed by atoms with E-state index in [4.69, 9.17) is 0 Å². The molecule has 1 N–H and O–H groups in total. The monoisotopic (exact) mass is 300 g/mol. The highest BCUT2D eigenvalue weighted by atomic mass is 16.2. The van der Waals surface area contributed by atoms with Crippen molar-refractivity contribution < 1.29 is 9.59 Å². The zero-order valence-electron chi connectivity index (χ0n) is 13.5. The predicted octanol–water partition coefficient (Wildman–Crippen LogP) is 2.34. The first-order valence-corrected chi connectivity index (χ1v) is 8.03. The summed E-state index contributed by atoms with van der Waals surface area (Å²) in [6.45, 7) is 6.50. The van der Waals surface area contributed by atoms with Gasteiger partial charge in [0.05, 0.1) is 0 Å². The van der Waals surface area contributed by atoms with Gasteiger partial charge in [-0.3, -0.25) is 9.59 Å². The van der Waals surface area contributed by atoms with Crippen LogP contribution in [0.15, 0.2) is 30.3 Å². The number of piperazine rings is 1. The molecule has 0 bridgehead atoms. The van der Waals surface area contributed by atoms with E-state index in [2.05, 4.69) is 5.32 Å². The molecule has 2 amide bonds. The maximum absolute atomic E-state index is 13.0. The Kier molecular flexibility index (Phi) is 3.71. The largest absolute Gasteiger partial charge is 0.342 e. The summed E-state index contributed by atoms with van der Waals surface area (Å²) in [5, 5.41) is 2.96. The minimum Gasteiger partial charge on any atom is -0.342 e. The maximum Gasteiger partial charge on any atom is 0.246 e. The summed E-state index contributed by atoms with van der Waals surface area (Å²) in [5.74, 6) is 0.388. The van der Waals surface area contributed by atoms with E-state index < -0.39 is 6.04 Å². The van der Waals surface area contributed by atoms with Crippen molar-refractivity contribution in [1.82, 2.24) is 10.2 Å². The molecule has 4 heteroatoms. The number of carbonyl (C=O) groups excluding carboxylic acids is 2. The summed E-state index contributed by atoms with van der Waals surface area (Å²) < 4.78 is 0. The van der Waals surface area contributed by atoms with E-state index in [1.54, 1.807) is 0 Å². The fourth-order valence-electron chi connectivity index (χ4n) is 3.16. The first kappa shape index (κ1) is 15.1. The van der Waals surface area contributed by atoms with Crippen molar-refractivity contribution in [2.75, 3.05) is 0 Å². The van der Waals surface area contributed by atoms with E-state index in [9.17, 15) is 9.59 Å². The van der Waals surface area contributed by atoms with Gasteiger partial charge in [-0.25, -0.2) is 0 Å². The van der Waals surface area contributed by atoms with Crippen LogP contribution in [0.2, 0.25) is 0 Å². The van der Waals surface area contributed by atoms with Crippen LogP contribution in [0.1, 0.15) is 39.2 Å². The molecule has 2 unspecified atom stereocenters. The SMILES string of the molecule is CC(C)(C)C1NC(=O)C(C2CC2)N(Cc2ccccc2)C1=O. The number of rotatable bonds is 3. The second-order valence-electron chi connectivity index (χ2n) is 7.54. The van der Waals surface area contributed by atoms with E-state index in [1.165, 1.54) is 0 Å². The Labute approximate surface area is 131 Å². The minimum absolute atomic E-state index is 0.0120. The van der Waals surface area contributed by atoms with Crippen LogP contribution in [0, 0.1) is 11.3 Å². The Balaban J connectivity index is 1.89. The van der Waals surface area contributed by atoms with Crippen LogP contribution in [0.5, 0.6) is 0 Å². The van der Waals surface area contributed by atoms with Gasteiger partial charge in [-0.1, -0.05) is 51.1 Å². The minimum atomic E-state index is -0.446. The molecule has 2 fully saturated rings. The highest BCUT2D eigenvalue weighted by Crippen LogP contribution is 2.39. The molecule has 118 valence electrons. The number of benzene rings is 1. The van der Waals surface area contributed by atoms with E-state index in [1.807, 2.05) is 56.0 Å². The molecule has 0 radical (unpaired) electrons. The molecule has 1 saturated carbocycles. The Morgan fingerprint density at radius 2 is 1.77 bits per heavy atom. The van der Waals surface area contributed by atoms with Crippen LogP contribution < -0.4 is 5.32 Å². The number of nitrogens with zero attached hydrogens (tertiary/aromatic N) is 1. The van der Waals surface area contributed by atoms with Crippen molar-refractivity contribution in [2.45, 2.75) is 52.2 Å². The highest BCUT2D eigenvalue weighted by molar-refractivity contribution is 5.97. The Bertz CT molecular complexity index is 572. The molecule has 2 aliphatic rings. The fourth-order valence-corrected chi connectivity index (χ4v) is 3.16. The molecule has 1 aromatic rings. The highest BCUT2D eigenvalue weighted by Gasteiger charge is 2.50. The molecule has 0 spiro atoms. The first-order chi connectivity index (χ1) is 10.4. The fraction of sp³-hybridized carbons (Fsp3) is 0.556. The lowest BCUT2D eigenvalue weighted by Crippen LogP contribution is -2.66. The van der Waals surface area contributed by atoms with Crippen molar-refractivity contribution in [2.24, 2.45) is 11.3 Å². The average molecular weight is 300 g/mol. The molecule has 0 aromatic heterocycles. The van der Waals surface area contributed by atoms with Gasteiger partial charge in [0.15, 0.2) is 0 Å². The molecule has 1 aromatic carbocycles. The Morgan fingerprint density at radius 3 is 2.32 bits per heavy atom. The molecule has 2 atom stereocenters. The van der Waals surface area contributed by atoms with Crippen LogP contribution in [0.4, 0.5) is 0 Å². The number of carbonyl (C=O) groups is 2. The molecule has 1 aliphatic heterocycles. The Hall–Kier alpha value is -1.84. The molecule has 22 heavy (non-hydrogen) atoms. The molecule has 3 rings (SSSR count). The van der Waals surface area contributed by atoms with Crippen molar-refractivity contribution in [3.8, 4) is 0 Å². The van der Waals surface area contributed by atoms with E-state index >= 15 is 0 Å². The molecular weight excluding hydrogens is 276 g/mol. The van der Waals surface area contributed by atoms with Crippen molar-refractivity contribution in [3.05, 3.63) is 35.9 Å². The quantitative estimate of drug-likeness (QED) is 0.931. The summed E-state index contributed by atoms with van der Waals surface area (Å²) in [6, 6.07) is 9.18. The maximum atomic E-state index is 13.0. The van der Waals surface area contributed by atoms with Gasteiger partial charge in [0.2, 0.25) is 11.8 Å². The number of amides is 2. The third-order valence-corrected chi connectivity index (χ3v) is 4.55. The number of hydrogen-bond acceptors (Lipinski definition) is 2. The molecule has 1 heterocycles. The van der Waals surface area contributed by atoms with Gasteiger partial charge < -0.3 is 10.2 Å². The van der Waals surface area contributed by atoms with Crippen LogP contribution in [0.3, 0.4) is 0 Å². The number of hydrogen-bond donors (Lipinski definition) is 1. The lowest BCUT2D eigenvalue weighted by molar-refractivity contribution is -0.154. The van der Waals surface area contributed by atoms with E-state index in [0.29, 0.717) is 12.5 Å². The van der Waals surface area contributed by atoms with Crippen LogP contribution in [-0.4, -0.2) is 28.8 Å². The summed E-state index contributed by atoms with van der Waals surface area (Å²) >= 11 is 0. The first-order valence-electron chi connectivity index (χ1n) is 8.03. The lowest BCUT2D eigenvalue weighted by Gasteiger charge is -2.43. The summed E-state index contributed by atoms with van der Waals surface area (Å²) in [6.07, 6.45) is 2.08. The third-order valence-electron chi connectivity index (χ3n) is 4.55.